The third-order valence-corrected chi connectivity index (χ3v) is 2.96. The largest absolute Gasteiger partial charge is 0.463 e. The molecular formula is C13H23NO4. The van der Waals surface area contributed by atoms with Gasteiger partial charge in [0, 0.05) is 25.2 Å². The summed E-state index contributed by atoms with van der Waals surface area (Å²) in [5.74, 6) is -0.309. The summed E-state index contributed by atoms with van der Waals surface area (Å²) in [6, 6.07) is 0. The van der Waals surface area contributed by atoms with Crippen LogP contribution in [-0.2, 0) is 14.3 Å². The Labute approximate surface area is 108 Å². The number of aliphatic hydroxyl groups is 1. The minimum atomic E-state index is -0.309. The van der Waals surface area contributed by atoms with E-state index in [0.717, 1.165) is 25.9 Å². The summed E-state index contributed by atoms with van der Waals surface area (Å²) in [5, 5.41) is 8.68. The SMILES string of the molecule is C=C(CN1CCC(OCCO)CC1)C(=O)OCC. The molecule has 0 aromatic carbocycles. The van der Waals surface area contributed by atoms with E-state index >= 15 is 0 Å². The number of piperidine rings is 1. The Bertz CT molecular complexity index is 272. The van der Waals surface area contributed by atoms with Crippen LogP contribution in [0.1, 0.15) is 19.8 Å². The Morgan fingerprint density at radius 2 is 2.11 bits per heavy atom. The number of rotatable bonds is 7. The number of aliphatic hydroxyl groups excluding tert-OH is 1. The summed E-state index contributed by atoms with van der Waals surface area (Å²) in [5.41, 5.74) is 0.506. The zero-order valence-corrected chi connectivity index (χ0v) is 11.1. The minimum absolute atomic E-state index is 0.0693. The lowest BCUT2D eigenvalue weighted by atomic mass is 10.1. The maximum absolute atomic E-state index is 11.4. The molecule has 0 aromatic rings. The van der Waals surface area contributed by atoms with Crippen LogP contribution in [0.2, 0.25) is 0 Å². The topological polar surface area (TPSA) is 59.0 Å². The molecule has 1 aliphatic rings. The molecule has 1 heterocycles. The number of hydrogen-bond donors (Lipinski definition) is 1. The monoisotopic (exact) mass is 257 g/mol. The first kappa shape index (κ1) is 15.1. The van der Waals surface area contributed by atoms with Crippen molar-refractivity contribution in [1.82, 2.24) is 4.90 Å². The lowest BCUT2D eigenvalue weighted by Crippen LogP contribution is -2.39. The number of hydrogen-bond acceptors (Lipinski definition) is 5. The molecule has 1 rings (SSSR count). The van der Waals surface area contributed by atoms with Crippen LogP contribution >= 0.6 is 0 Å². The van der Waals surface area contributed by atoms with Gasteiger partial charge in [0.05, 0.1) is 25.9 Å². The third kappa shape index (κ3) is 5.16. The van der Waals surface area contributed by atoms with Crippen LogP contribution in [0.5, 0.6) is 0 Å². The van der Waals surface area contributed by atoms with E-state index in [2.05, 4.69) is 11.5 Å². The normalized spacial score (nSPS) is 17.7. The van der Waals surface area contributed by atoms with Gasteiger partial charge in [0.2, 0.25) is 0 Å². The predicted molar refractivity (Wildman–Crippen MR) is 68.3 cm³/mol. The van der Waals surface area contributed by atoms with E-state index in [0.29, 0.717) is 25.3 Å². The Morgan fingerprint density at radius 1 is 1.44 bits per heavy atom. The van der Waals surface area contributed by atoms with Crippen LogP contribution in [0.15, 0.2) is 12.2 Å². The highest BCUT2D eigenvalue weighted by molar-refractivity contribution is 5.88. The number of likely N-dealkylation sites (tertiary alicyclic amines) is 1. The summed E-state index contributed by atoms with van der Waals surface area (Å²) in [6.45, 7) is 8.73. The zero-order valence-electron chi connectivity index (χ0n) is 11.1. The Morgan fingerprint density at radius 3 is 2.67 bits per heavy atom. The van der Waals surface area contributed by atoms with E-state index in [1.165, 1.54) is 0 Å². The standard InChI is InChI=1S/C13H23NO4/c1-3-17-13(16)11(2)10-14-6-4-12(5-7-14)18-9-8-15/h12,15H,2-10H2,1H3. The molecule has 0 bridgehead atoms. The number of ether oxygens (including phenoxy) is 2. The van der Waals surface area contributed by atoms with Gasteiger partial charge < -0.3 is 14.6 Å². The molecule has 1 saturated heterocycles. The Hall–Kier alpha value is -0.910. The molecule has 5 nitrogen and oxygen atoms in total. The van der Waals surface area contributed by atoms with E-state index < -0.39 is 0 Å². The Kier molecular flexibility index (Phi) is 6.93. The fourth-order valence-electron chi connectivity index (χ4n) is 2.02. The highest BCUT2D eigenvalue weighted by Gasteiger charge is 2.21. The van der Waals surface area contributed by atoms with Crippen molar-refractivity contribution in [2.45, 2.75) is 25.9 Å². The zero-order chi connectivity index (χ0) is 13.4. The van der Waals surface area contributed by atoms with Crippen LogP contribution in [0.3, 0.4) is 0 Å². The van der Waals surface area contributed by atoms with E-state index in [-0.39, 0.29) is 18.7 Å². The number of esters is 1. The van der Waals surface area contributed by atoms with E-state index in [9.17, 15) is 4.79 Å². The van der Waals surface area contributed by atoms with E-state index in [4.69, 9.17) is 14.6 Å². The predicted octanol–water partition coefficient (Wildman–Crippen LogP) is 0.579. The maximum Gasteiger partial charge on any atom is 0.334 e. The smallest absolute Gasteiger partial charge is 0.334 e. The molecule has 18 heavy (non-hydrogen) atoms. The third-order valence-electron chi connectivity index (χ3n) is 2.96. The van der Waals surface area contributed by atoms with Crippen LogP contribution in [-0.4, -0.2) is 61.5 Å². The van der Waals surface area contributed by atoms with Gasteiger partial charge in [-0.05, 0) is 19.8 Å². The van der Waals surface area contributed by atoms with Crippen molar-refractivity contribution in [1.29, 1.82) is 0 Å². The molecule has 1 aliphatic heterocycles. The van der Waals surface area contributed by atoms with Crippen LogP contribution in [0.25, 0.3) is 0 Å². The molecule has 0 amide bonds. The summed E-state index contributed by atoms with van der Waals surface area (Å²) < 4.78 is 10.4. The van der Waals surface area contributed by atoms with Crippen LogP contribution in [0, 0.1) is 0 Å². The fourth-order valence-corrected chi connectivity index (χ4v) is 2.02. The van der Waals surface area contributed by atoms with Gasteiger partial charge in [0.15, 0.2) is 0 Å². The van der Waals surface area contributed by atoms with Crippen LogP contribution in [0.4, 0.5) is 0 Å². The number of carbonyl (C=O) groups excluding carboxylic acids is 1. The van der Waals surface area contributed by atoms with Crippen molar-refractivity contribution in [2.24, 2.45) is 0 Å². The lowest BCUT2D eigenvalue weighted by Gasteiger charge is -2.31. The number of nitrogens with zero attached hydrogens (tertiary/aromatic N) is 1. The molecule has 1 N–H and O–H groups in total. The molecule has 0 unspecified atom stereocenters. The average molecular weight is 257 g/mol. The van der Waals surface area contributed by atoms with Crippen LogP contribution < -0.4 is 0 Å². The van der Waals surface area contributed by atoms with Gasteiger partial charge in [0.1, 0.15) is 0 Å². The van der Waals surface area contributed by atoms with Gasteiger partial charge in [0.25, 0.3) is 0 Å². The second-order valence-corrected chi connectivity index (χ2v) is 4.39. The number of carbonyl (C=O) groups is 1. The van der Waals surface area contributed by atoms with Gasteiger partial charge in [-0.25, -0.2) is 4.79 Å². The maximum atomic E-state index is 11.4. The molecule has 0 radical (unpaired) electrons. The molecule has 0 spiro atoms. The summed E-state index contributed by atoms with van der Waals surface area (Å²) in [6.07, 6.45) is 2.08. The molecule has 0 aromatic heterocycles. The molecular weight excluding hydrogens is 234 g/mol. The second-order valence-electron chi connectivity index (χ2n) is 4.39. The highest BCUT2D eigenvalue weighted by atomic mass is 16.5. The minimum Gasteiger partial charge on any atom is -0.463 e. The van der Waals surface area contributed by atoms with Gasteiger partial charge in [-0.15, -0.1) is 0 Å². The first-order valence-corrected chi connectivity index (χ1v) is 6.47. The quantitative estimate of drug-likeness (QED) is 0.534. The summed E-state index contributed by atoms with van der Waals surface area (Å²) in [7, 11) is 0. The van der Waals surface area contributed by atoms with Gasteiger partial charge >= 0.3 is 5.97 Å². The van der Waals surface area contributed by atoms with E-state index in [1.807, 2.05) is 0 Å². The molecule has 0 atom stereocenters. The lowest BCUT2D eigenvalue weighted by molar-refractivity contribution is -0.138. The average Bonchev–Trinajstić information content (AvgIpc) is 2.38. The van der Waals surface area contributed by atoms with Crippen molar-refractivity contribution >= 4 is 5.97 Å². The molecule has 0 saturated carbocycles. The summed E-state index contributed by atoms with van der Waals surface area (Å²) >= 11 is 0. The van der Waals surface area contributed by atoms with Crippen molar-refractivity contribution in [2.75, 3.05) is 39.5 Å². The molecule has 1 fully saturated rings. The van der Waals surface area contributed by atoms with Gasteiger partial charge in [-0.2, -0.15) is 0 Å². The first-order valence-electron chi connectivity index (χ1n) is 6.47. The van der Waals surface area contributed by atoms with Gasteiger partial charge in [-0.3, -0.25) is 4.90 Å². The second kappa shape index (κ2) is 8.24. The van der Waals surface area contributed by atoms with Crippen molar-refractivity contribution in [3.8, 4) is 0 Å². The van der Waals surface area contributed by atoms with Crippen molar-refractivity contribution in [3.63, 3.8) is 0 Å². The van der Waals surface area contributed by atoms with Crippen molar-refractivity contribution in [3.05, 3.63) is 12.2 Å². The first-order chi connectivity index (χ1) is 8.67. The highest BCUT2D eigenvalue weighted by Crippen LogP contribution is 2.14. The van der Waals surface area contributed by atoms with E-state index in [1.54, 1.807) is 6.92 Å². The fraction of sp³-hybridized carbons (Fsp3) is 0.769. The molecule has 104 valence electrons. The summed E-state index contributed by atoms with van der Waals surface area (Å²) in [4.78, 5) is 13.6. The van der Waals surface area contributed by atoms with Crippen molar-refractivity contribution < 1.29 is 19.4 Å². The van der Waals surface area contributed by atoms with Gasteiger partial charge in [-0.1, -0.05) is 6.58 Å². The molecule has 5 heteroatoms. The Balaban J connectivity index is 2.22. The molecule has 0 aliphatic carbocycles.